The molecule has 0 N–H and O–H groups in total. The van der Waals surface area contributed by atoms with Crippen LogP contribution in [0.3, 0.4) is 0 Å². The van der Waals surface area contributed by atoms with Crippen molar-refractivity contribution in [3.63, 3.8) is 0 Å². The number of carbonyl (C=O) groups excluding carboxylic acids is 1. The minimum atomic E-state index is 0. The maximum absolute atomic E-state index is 10.3. The Kier molecular flexibility index (Phi) is 5.44. The summed E-state index contributed by atoms with van der Waals surface area (Å²) in [7, 11) is 0. The Balaban J connectivity index is 0.00000121. The molecule has 12 heavy (non-hydrogen) atoms. The van der Waals surface area contributed by atoms with Gasteiger partial charge in [0.15, 0.2) is 0 Å². The second-order valence-electron chi connectivity index (χ2n) is 2.74. The topological polar surface area (TPSA) is 17.1 Å². The average Bonchev–Trinajstić information content (AvgIpc) is 2.05. The van der Waals surface area contributed by atoms with E-state index in [1.807, 2.05) is 24.3 Å². The van der Waals surface area contributed by atoms with Crippen LogP contribution < -0.4 is 0 Å². The molecule has 0 saturated heterocycles. The van der Waals surface area contributed by atoms with E-state index in [-0.39, 0.29) is 32.7 Å². The van der Waals surface area contributed by atoms with Gasteiger partial charge in [-0.05, 0) is 5.56 Å². The first-order valence-electron chi connectivity index (χ1n) is 3.60. The van der Waals surface area contributed by atoms with Crippen LogP contribution in [0.2, 0.25) is 0 Å². The van der Waals surface area contributed by atoms with Crippen molar-refractivity contribution in [3.8, 4) is 0 Å². The van der Waals surface area contributed by atoms with Crippen LogP contribution in [0.5, 0.6) is 0 Å². The van der Waals surface area contributed by atoms with E-state index in [9.17, 15) is 4.79 Å². The molecule has 61 valence electrons. The molecule has 1 aromatic carbocycles. The summed E-state index contributed by atoms with van der Waals surface area (Å²) in [6.45, 7) is 4.10. The molecule has 0 atom stereocenters. The Hall–Kier alpha value is -0.136. The van der Waals surface area contributed by atoms with E-state index in [0.29, 0.717) is 0 Å². The van der Waals surface area contributed by atoms with E-state index in [0.717, 1.165) is 11.8 Å². The molecule has 0 amide bonds. The fraction of sp³-hybridized carbons (Fsp3) is 0.200. The first-order chi connectivity index (χ1) is 5.24. The Morgan fingerprint density at radius 3 is 2.00 bits per heavy atom. The molecule has 0 aromatic heterocycles. The van der Waals surface area contributed by atoms with Gasteiger partial charge in [-0.2, -0.15) is 23.6 Å². The number of hydrogen-bond acceptors (Lipinski definition) is 1. The monoisotopic (exact) mass is 236 g/mol. The summed E-state index contributed by atoms with van der Waals surface area (Å²) in [6.07, 6.45) is 0.856. The second kappa shape index (κ2) is 5.50. The van der Waals surface area contributed by atoms with Gasteiger partial charge < -0.3 is 0 Å². The molecule has 1 radical (unpaired) electrons. The zero-order valence-corrected chi connectivity index (χ0v) is 10.2. The molecule has 1 aromatic rings. The molecular formula is C10H11OY-. The van der Waals surface area contributed by atoms with Crippen LogP contribution in [0, 0.1) is 5.92 Å². The fourth-order valence-corrected chi connectivity index (χ4v) is 0.895. The molecule has 0 heterocycles. The Morgan fingerprint density at radius 1 is 1.17 bits per heavy atom. The standard InChI is InChI=1S/C10H11O.Y/c1-8(2)10-5-3-9(7-11)4-6-10;/h3-7H,1-2H3;/q-1;. The third-order valence-electron chi connectivity index (χ3n) is 1.62. The number of carbonyl (C=O) groups is 1. The van der Waals surface area contributed by atoms with E-state index >= 15 is 0 Å². The number of hydrogen-bond donors (Lipinski definition) is 0. The van der Waals surface area contributed by atoms with Crippen molar-refractivity contribution in [1.82, 2.24) is 0 Å². The van der Waals surface area contributed by atoms with Gasteiger partial charge in [-0.1, -0.05) is 13.8 Å². The van der Waals surface area contributed by atoms with Crippen LogP contribution in [-0.2, 0) is 32.7 Å². The quantitative estimate of drug-likeness (QED) is 0.569. The Bertz CT molecular complexity index is 239. The largest absolute Gasteiger partial charge is 0.298 e. The van der Waals surface area contributed by atoms with Crippen molar-refractivity contribution in [2.45, 2.75) is 13.8 Å². The summed E-state index contributed by atoms with van der Waals surface area (Å²) >= 11 is 0. The predicted molar refractivity (Wildman–Crippen MR) is 45.5 cm³/mol. The molecule has 2 heteroatoms. The molecule has 1 nitrogen and oxygen atoms in total. The first-order valence-corrected chi connectivity index (χ1v) is 3.60. The van der Waals surface area contributed by atoms with E-state index in [1.54, 1.807) is 0 Å². The molecule has 0 aliphatic heterocycles. The second-order valence-corrected chi connectivity index (χ2v) is 2.74. The van der Waals surface area contributed by atoms with Crippen LogP contribution in [0.4, 0.5) is 0 Å². The van der Waals surface area contributed by atoms with Crippen LogP contribution >= 0.6 is 0 Å². The maximum atomic E-state index is 10.3. The summed E-state index contributed by atoms with van der Waals surface area (Å²) in [6, 6.07) is 7.57. The summed E-state index contributed by atoms with van der Waals surface area (Å²) in [4.78, 5) is 10.3. The number of aldehydes is 1. The van der Waals surface area contributed by atoms with Crippen molar-refractivity contribution in [3.05, 3.63) is 41.3 Å². The summed E-state index contributed by atoms with van der Waals surface area (Å²) in [5.41, 5.74) is 1.92. The average molecular weight is 236 g/mol. The summed E-state index contributed by atoms with van der Waals surface area (Å²) in [5, 5.41) is 0. The van der Waals surface area contributed by atoms with E-state index < -0.39 is 0 Å². The molecule has 0 unspecified atom stereocenters. The minimum Gasteiger partial charge on any atom is -0.298 e. The van der Waals surface area contributed by atoms with Gasteiger partial charge in [0.05, 0.1) is 0 Å². The Morgan fingerprint density at radius 2 is 1.67 bits per heavy atom. The van der Waals surface area contributed by atoms with Gasteiger partial charge in [-0.15, -0.1) is 12.1 Å². The molecular weight excluding hydrogens is 225 g/mol. The van der Waals surface area contributed by atoms with Gasteiger partial charge in [0, 0.05) is 32.7 Å². The van der Waals surface area contributed by atoms with Gasteiger partial charge in [-0.3, -0.25) is 4.79 Å². The van der Waals surface area contributed by atoms with Crippen molar-refractivity contribution in [1.29, 1.82) is 0 Å². The van der Waals surface area contributed by atoms with Crippen molar-refractivity contribution < 1.29 is 37.5 Å². The molecule has 0 spiro atoms. The van der Waals surface area contributed by atoms with E-state index in [4.69, 9.17) is 0 Å². The molecule has 0 bridgehead atoms. The first kappa shape index (κ1) is 11.9. The van der Waals surface area contributed by atoms with Crippen LogP contribution in [0.1, 0.15) is 29.8 Å². The van der Waals surface area contributed by atoms with Crippen LogP contribution in [0.25, 0.3) is 0 Å². The zero-order chi connectivity index (χ0) is 8.27. The molecule has 0 aliphatic carbocycles. The third-order valence-corrected chi connectivity index (χ3v) is 1.62. The summed E-state index contributed by atoms with van der Waals surface area (Å²) in [5.74, 6) is 1.27. The minimum absolute atomic E-state index is 0. The number of rotatable bonds is 2. The summed E-state index contributed by atoms with van der Waals surface area (Å²) < 4.78 is 0. The van der Waals surface area contributed by atoms with Crippen molar-refractivity contribution in [2.24, 2.45) is 0 Å². The molecule has 0 saturated carbocycles. The van der Waals surface area contributed by atoms with Crippen LogP contribution in [-0.4, -0.2) is 6.29 Å². The van der Waals surface area contributed by atoms with Crippen LogP contribution in [0.15, 0.2) is 24.3 Å². The maximum Gasteiger partial charge on any atom is 0.147 e. The van der Waals surface area contributed by atoms with Gasteiger partial charge in [0.2, 0.25) is 0 Å². The third kappa shape index (κ3) is 3.08. The van der Waals surface area contributed by atoms with Gasteiger partial charge in [-0.25, -0.2) is 0 Å². The zero-order valence-electron chi connectivity index (χ0n) is 7.37. The Labute approximate surface area is 98.4 Å². The van der Waals surface area contributed by atoms with Gasteiger partial charge in [0.25, 0.3) is 0 Å². The van der Waals surface area contributed by atoms with Crippen molar-refractivity contribution in [2.75, 3.05) is 0 Å². The predicted octanol–water partition coefficient (Wildman–Crippen LogP) is 2.46. The smallest absolute Gasteiger partial charge is 0.147 e. The van der Waals surface area contributed by atoms with Gasteiger partial charge in [0.1, 0.15) is 6.29 Å². The van der Waals surface area contributed by atoms with Crippen molar-refractivity contribution >= 4 is 6.29 Å². The molecule has 0 fully saturated rings. The molecule has 1 rings (SSSR count). The van der Waals surface area contributed by atoms with Gasteiger partial charge >= 0.3 is 0 Å². The van der Waals surface area contributed by atoms with E-state index in [1.165, 1.54) is 11.5 Å². The fourth-order valence-electron chi connectivity index (χ4n) is 0.895. The number of benzene rings is 1. The SMILES string of the molecule is C[C-](C)c1ccc(C=O)cc1.[Y]. The normalized spacial score (nSPS) is 8.50. The van der Waals surface area contributed by atoms with E-state index in [2.05, 4.69) is 13.8 Å². The molecule has 0 aliphatic rings.